The number of sulfonamides is 1. The standard InChI is InChI=1S/C18H25ClN2O4S/c1-13(22)21-9-10-25-17-12-18(15(19)11-16(17)21)26(23,24)20-14-7-5-3-2-4-6-8-14/h11-12,14,20H,2-10H2,1H3. The zero-order chi connectivity index (χ0) is 18.7. The Hall–Kier alpha value is -1.31. The number of nitrogens with one attached hydrogen (secondary N) is 1. The summed E-state index contributed by atoms with van der Waals surface area (Å²) in [5.41, 5.74) is 0.513. The topological polar surface area (TPSA) is 75.7 Å². The van der Waals surface area contributed by atoms with E-state index in [4.69, 9.17) is 16.3 Å². The van der Waals surface area contributed by atoms with E-state index >= 15 is 0 Å². The van der Waals surface area contributed by atoms with E-state index in [9.17, 15) is 13.2 Å². The highest BCUT2D eigenvalue weighted by molar-refractivity contribution is 7.89. The molecular weight excluding hydrogens is 376 g/mol. The maximum atomic E-state index is 12.9. The maximum Gasteiger partial charge on any atom is 0.242 e. The van der Waals surface area contributed by atoms with Gasteiger partial charge in [-0.05, 0) is 18.9 Å². The van der Waals surface area contributed by atoms with Crippen molar-refractivity contribution in [2.24, 2.45) is 0 Å². The van der Waals surface area contributed by atoms with Gasteiger partial charge in [-0.2, -0.15) is 0 Å². The number of fused-ring (bicyclic) bond motifs is 1. The SMILES string of the molecule is CC(=O)N1CCOc2cc(S(=O)(=O)NC3CCCCCCC3)c(Cl)cc21. The number of anilines is 1. The molecule has 0 atom stereocenters. The van der Waals surface area contributed by atoms with Crippen molar-refractivity contribution in [2.75, 3.05) is 18.1 Å². The van der Waals surface area contributed by atoms with Crippen LogP contribution in [0.3, 0.4) is 0 Å². The molecule has 1 aromatic carbocycles. The number of ether oxygens (including phenoxy) is 1. The number of amides is 1. The van der Waals surface area contributed by atoms with Crippen LogP contribution in [0.1, 0.15) is 51.9 Å². The van der Waals surface area contributed by atoms with E-state index in [0.717, 1.165) is 38.5 Å². The summed E-state index contributed by atoms with van der Waals surface area (Å²) < 4.78 is 34.2. The van der Waals surface area contributed by atoms with Crippen molar-refractivity contribution >= 4 is 33.2 Å². The summed E-state index contributed by atoms with van der Waals surface area (Å²) in [4.78, 5) is 13.3. The normalized spacial score (nSPS) is 19.2. The van der Waals surface area contributed by atoms with Gasteiger partial charge < -0.3 is 9.64 Å². The van der Waals surface area contributed by atoms with Crippen molar-refractivity contribution < 1.29 is 17.9 Å². The molecule has 1 heterocycles. The van der Waals surface area contributed by atoms with Gasteiger partial charge in [0.15, 0.2) is 0 Å². The van der Waals surface area contributed by atoms with Gasteiger partial charge in [0, 0.05) is 19.0 Å². The predicted molar refractivity (Wildman–Crippen MR) is 101 cm³/mol. The number of hydrogen-bond acceptors (Lipinski definition) is 4. The quantitative estimate of drug-likeness (QED) is 0.842. The average molecular weight is 401 g/mol. The predicted octanol–water partition coefficient (Wildman–Crippen LogP) is 3.48. The van der Waals surface area contributed by atoms with Crippen LogP contribution in [0.5, 0.6) is 5.75 Å². The molecule has 1 aliphatic carbocycles. The number of halogens is 1. The van der Waals surface area contributed by atoms with Gasteiger partial charge in [0.05, 0.1) is 17.3 Å². The van der Waals surface area contributed by atoms with E-state index in [1.807, 2.05) is 0 Å². The molecule has 144 valence electrons. The summed E-state index contributed by atoms with van der Waals surface area (Å²) in [6.45, 7) is 2.21. The summed E-state index contributed by atoms with van der Waals surface area (Å²) in [5, 5.41) is 0.0962. The van der Waals surface area contributed by atoms with Crippen LogP contribution in [-0.2, 0) is 14.8 Å². The van der Waals surface area contributed by atoms with Crippen molar-refractivity contribution in [1.29, 1.82) is 0 Å². The smallest absolute Gasteiger partial charge is 0.242 e. The van der Waals surface area contributed by atoms with Gasteiger partial charge in [0.2, 0.25) is 15.9 Å². The second kappa shape index (κ2) is 8.15. The van der Waals surface area contributed by atoms with Crippen molar-refractivity contribution in [1.82, 2.24) is 4.72 Å². The molecule has 1 aromatic rings. The fraction of sp³-hybridized carbons (Fsp3) is 0.611. The van der Waals surface area contributed by atoms with Gasteiger partial charge >= 0.3 is 0 Å². The number of carbonyl (C=O) groups is 1. The van der Waals surface area contributed by atoms with Crippen LogP contribution < -0.4 is 14.4 Å². The zero-order valence-electron chi connectivity index (χ0n) is 15.0. The maximum absolute atomic E-state index is 12.9. The zero-order valence-corrected chi connectivity index (χ0v) is 16.5. The van der Waals surface area contributed by atoms with Crippen LogP contribution in [0.2, 0.25) is 5.02 Å². The fourth-order valence-electron chi connectivity index (χ4n) is 3.61. The van der Waals surface area contributed by atoms with E-state index in [2.05, 4.69) is 4.72 Å². The molecule has 1 aliphatic heterocycles. The molecule has 0 radical (unpaired) electrons. The summed E-state index contributed by atoms with van der Waals surface area (Å²) in [5.74, 6) is 0.239. The monoisotopic (exact) mass is 400 g/mol. The Balaban J connectivity index is 1.86. The van der Waals surface area contributed by atoms with E-state index in [1.165, 1.54) is 25.5 Å². The Morgan fingerprint density at radius 2 is 1.85 bits per heavy atom. The van der Waals surface area contributed by atoms with Crippen molar-refractivity contribution in [2.45, 2.75) is 62.8 Å². The first-order valence-electron chi connectivity index (χ1n) is 9.15. The van der Waals surface area contributed by atoms with Crippen molar-refractivity contribution in [3.05, 3.63) is 17.2 Å². The van der Waals surface area contributed by atoms with Crippen LogP contribution in [0, 0.1) is 0 Å². The van der Waals surface area contributed by atoms with Crippen LogP contribution in [0.25, 0.3) is 0 Å². The van der Waals surface area contributed by atoms with Gasteiger partial charge in [-0.15, -0.1) is 0 Å². The fourth-order valence-corrected chi connectivity index (χ4v) is 5.45. The first-order valence-corrected chi connectivity index (χ1v) is 11.0. The van der Waals surface area contributed by atoms with Gasteiger partial charge in [0.25, 0.3) is 0 Å². The van der Waals surface area contributed by atoms with Crippen molar-refractivity contribution in [3.63, 3.8) is 0 Å². The highest BCUT2D eigenvalue weighted by Crippen LogP contribution is 2.38. The summed E-state index contributed by atoms with van der Waals surface area (Å²) in [6.07, 6.45) is 7.26. The average Bonchev–Trinajstić information content (AvgIpc) is 2.55. The molecule has 6 nitrogen and oxygen atoms in total. The highest BCUT2D eigenvalue weighted by atomic mass is 35.5. The minimum atomic E-state index is -3.76. The Labute approximate surface area is 159 Å². The van der Waals surface area contributed by atoms with Crippen molar-refractivity contribution in [3.8, 4) is 5.75 Å². The number of carbonyl (C=O) groups excluding carboxylic acids is 1. The van der Waals surface area contributed by atoms with Gasteiger partial charge in [-0.1, -0.05) is 43.7 Å². The number of benzene rings is 1. The van der Waals surface area contributed by atoms with Crippen LogP contribution in [-0.4, -0.2) is 33.5 Å². The summed E-state index contributed by atoms with van der Waals surface area (Å²) >= 11 is 6.28. The Morgan fingerprint density at radius 3 is 2.50 bits per heavy atom. The summed E-state index contributed by atoms with van der Waals surface area (Å²) in [7, 11) is -3.76. The number of nitrogens with zero attached hydrogens (tertiary/aromatic N) is 1. The second-order valence-corrected chi connectivity index (χ2v) is 9.02. The van der Waals surface area contributed by atoms with Crippen LogP contribution in [0.15, 0.2) is 17.0 Å². The molecular formula is C18H25ClN2O4S. The van der Waals surface area contributed by atoms with Gasteiger partial charge in [0.1, 0.15) is 17.3 Å². The van der Waals surface area contributed by atoms with E-state index in [1.54, 1.807) is 4.90 Å². The third kappa shape index (κ3) is 4.32. The molecule has 26 heavy (non-hydrogen) atoms. The molecule has 2 aliphatic rings. The highest BCUT2D eigenvalue weighted by Gasteiger charge is 2.28. The second-order valence-electron chi connectivity index (χ2n) is 6.93. The lowest BCUT2D eigenvalue weighted by molar-refractivity contribution is -0.116. The molecule has 3 rings (SSSR count). The largest absolute Gasteiger partial charge is 0.489 e. The molecule has 0 aromatic heterocycles. The lowest BCUT2D eigenvalue weighted by Crippen LogP contribution is -2.37. The molecule has 0 bridgehead atoms. The summed E-state index contributed by atoms with van der Waals surface area (Å²) in [6, 6.07) is 2.87. The van der Waals surface area contributed by atoms with Gasteiger partial charge in [-0.25, -0.2) is 13.1 Å². The Kier molecular flexibility index (Phi) is 6.10. The van der Waals surface area contributed by atoms with Gasteiger partial charge in [-0.3, -0.25) is 4.79 Å². The number of rotatable bonds is 3. The van der Waals surface area contributed by atoms with Crippen LogP contribution in [0.4, 0.5) is 5.69 Å². The molecule has 8 heteroatoms. The van der Waals surface area contributed by atoms with E-state index < -0.39 is 10.0 Å². The molecule has 1 N–H and O–H groups in total. The van der Waals surface area contributed by atoms with Crippen LogP contribution >= 0.6 is 11.6 Å². The minimum absolute atomic E-state index is 0.00498. The van der Waals surface area contributed by atoms with E-state index in [-0.39, 0.29) is 21.9 Å². The molecule has 1 amide bonds. The lowest BCUT2D eigenvalue weighted by Gasteiger charge is -2.29. The van der Waals surface area contributed by atoms with E-state index in [0.29, 0.717) is 24.6 Å². The first-order chi connectivity index (χ1) is 12.4. The third-order valence-corrected chi connectivity index (χ3v) is 6.96. The Bertz CT molecular complexity index is 774. The molecule has 0 unspecified atom stereocenters. The first kappa shape index (κ1) is 19.5. The molecule has 0 spiro atoms. The third-order valence-electron chi connectivity index (χ3n) is 4.97. The number of hydrogen-bond donors (Lipinski definition) is 1. The Morgan fingerprint density at radius 1 is 1.19 bits per heavy atom. The minimum Gasteiger partial charge on any atom is -0.489 e. The molecule has 1 fully saturated rings. The molecule has 1 saturated carbocycles. The lowest BCUT2D eigenvalue weighted by atomic mass is 9.97. The molecule has 0 saturated heterocycles.